The average molecular weight is 334 g/mol. The van der Waals surface area contributed by atoms with E-state index in [4.69, 9.17) is 4.74 Å². The lowest BCUT2D eigenvalue weighted by atomic mass is 9.95. The molecule has 126 valence electrons. The topological polar surface area (TPSA) is 29.5 Å². The summed E-state index contributed by atoms with van der Waals surface area (Å²) in [6.07, 6.45) is -6.35. The van der Waals surface area contributed by atoms with Crippen molar-refractivity contribution in [1.82, 2.24) is 0 Å². The van der Waals surface area contributed by atoms with E-state index in [1.165, 1.54) is 12.1 Å². The van der Waals surface area contributed by atoms with Crippen LogP contribution in [0, 0.1) is 17.8 Å². The van der Waals surface area contributed by atoms with Crippen LogP contribution in [0.4, 0.5) is 13.2 Å². The Kier molecular flexibility index (Phi) is 6.42. The third-order valence-corrected chi connectivity index (χ3v) is 3.35. The minimum Gasteiger partial charge on any atom is -0.387 e. The summed E-state index contributed by atoms with van der Waals surface area (Å²) >= 11 is 0. The molecule has 0 aliphatic rings. The number of benzene rings is 2. The second kappa shape index (κ2) is 8.53. The predicted molar refractivity (Wildman–Crippen MR) is 84.8 cm³/mol. The normalized spacial score (nSPS) is 13.7. The molecule has 2 nitrogen and oxygen atoms in total. The van der Waals surface area contributed by atoms with Crippen LogP contribution in [0.3, 0.4) is 0 Å². The van der Waals surface area contributed by atoms with E-state index in [-0.39, 0.29) is 18.8 Å². The first-order chi connectivity index (χ1) is 11.5. The molecule has 0 fully saturated rings. The molecule has 0 saturated carbocycles. The summed E-state index contributed by atoms with van der Waals surface area (Å²) in [5, 5.41) is 9.99. The van der Waals surface area contributed by atoms with Crippen molar-refractivity contribution in [2.75, 3.05) is 6.61 Å². The molecule has 0 aromatic heterocycles. The second-order valence-electron chi connectivity index (χ2n) is 5.17. The average Bonchev–Trinajstić information content (AvgIpc) is 2.58. The van der Waals surface area contributed by atoms with Gasteiger partial charge in [0.15, 0.2) is 0 Å². The van der Waals surface area contributed by atoms with Crippen molar-refractivity contribution in [1.29, 1.82) is 0 Å². The zero-order valence-electron chi connectivity index (χ0n) is 12.8. The Balaban J connectivity index is 1.97. The summed E-state index contributed by atoms with van der Waals surface area (Å²) in [4.78, 5) is 0. The van der Waals surface area contributed by atoms with Gasteiger partial charge in [0.2, 0.25) is 0 Å². The molecule has 2 atom stereocenters. The van der Waals surface area contributed by atoms with Gasteiger partial charge in [-0.3, -0.25) is 0 Å². The predicted octanol–water partition coefficient (Wildman–Crippen LogP) is 4.12. The standard InChI is InChI=1S/C19H17F3O2/c20-19(21,22)17(18(23)16-10-5-2-6-11-16)12-7-13-24-14-15-8-3-1-4-9-15/h1-6,8-11,17-18,23H,13-14H2/t17-,18+/m1/s1. The Labute approximate surface area is 138 Å². The Hall–Kier alpha value is -2.29. The maximum Gasteiger partial charge on any atom is 0.405 e. The third-order valence-electron chi connectivity index (χ3n) is 3.35. The van der Waals surface area contributed by atoms with Gasteiger partial charge in [0.1, 0.15) is 18.6 Å². The quantitative estimate of drug-likeness (QED) is 0.658. The molecule has 0 aliphatic heterocycles. The van der Waals surface area contributed by atoms with E-state index in [2.05, 4.69) is 11.8 Å². The number of hydrogen-bond acceptors (Lipinski definition) is 2. The lowest BCUT2D eigenvalue weighted by Crippen LogP contribution is -2.28. The van der Waals surface area contributed by atoms with Crippen LogP contribution in [-0.2, 0) is 11.3 Å². The van der Waals surface area contributed by atoms with Crippen LogP contribution in [-0.4, -0.2) is 17.9 Å². The summed E-state index contributed by atoms with van der Waals surface area (Å²) < 4.78 is 44.6. The first-order valence-electron chi connectivity index (χ1n) is 7.38. The Bertz CT molecular complexity index is 672. The molecule has 24 heavy (non-hydrogen) atoms. The molecule has 0 bridgehead atoms. The van der Waals surface area contributed by atoms with Gasteiger partial charge in [0, 0.05) is 0 Å². The molecule has 5 heteroatoms. The molecule has 2 aromatic rings. The molecular weight excluding hydrogens is 317 g/mol. The van der Waals surface area contributed by atoms with Crippen LogP contribution in [0.5, 0.6) is 0 Å². The van der Waals surface area contributed by atoms with Gasteiger partial charge in [-0.2, -0.15) is 13.2 Å². The van der Waals surface area contributed by atoms with Crippen molar-refractivity contribution in [3.8, 4) is 11.8 Å². The van der Waals surface area contributed by atoms with Gasteiger partial charge in [0.05, 0.1) is 6.61 Å². The van der Waals surface area contributed by atoms with E-state index in [1.807, 2.05) is 30.3 Å². The van der Waals surface area contributed by atoms with E-state index in [0.29, 0.717) is 0 Å². The molecule has 0 saturated heterocycles. The van der Waals surface area contributed by atoms with Gasteiger partial charge in [-0.05, 0) is 11.1 Å². The van der Waals surface area contributed by atoms with Crippen LogP contribution < -0.4 is 0 Å². The highest BCUT2D eigenvalue weighted by Crippen LogP contribution is 2.35. The summed E-state index contributed by atoms with van der Waals surface area (Å²) in [6.45, 7) is 0.135. The molecule has 2 rings (SSSR count). The fourth-order valence-electron chi connectivity index (χ4n) is 2.13. The van der Waals surface area contributed by atoms with E-state index >= 15 is 0 Å². The number of halogens is 3. The number of rotatable bonds is 5. The summed E-state index contributed by atoms with van der Waals surface area (Å²) in [5.74, 6) is 2.30. The monoisotopic (exact) mass is 334 g/mol. The first-order valence-corrected chi connectivity index (χ1v) is 7.38. The lowest BCUT2D eigenvalue weighted by molar-refractivity contribution is -0.182. The zero-order valence-corrected chi connectivity index (χ0v) is 12.8. The molecule has 0 heterocycles. The highest BCUT2D eigenvalue weighted by atomic mass is 19.4. The maximum absolute atomic E-state index is 13.1. The zero-order chi connectivity index (χ0) is 17.4. The largest absolute Gasteiger partial charge is 0.405 e. The minimum atomic E-state index is -4.62. The van der Waals surface area contributed by atoms with E-state index < -0.39 is 18.2 Å². The van der Waals surface area contributed by atoms with E-state index in [0.717, 1.165) is 5.56 Å². The Morgan fingerprint density at radius 2 is 1.54 bits per heavy atom. The van der Waals surface area contributed by atoms with Crippen LogP contribution in [0.1, 0.15) is 17.2 Å². The highest BCUT2D eigenvalue weighted by Gasteiger charge is 2.43. The SMILES string of the molecule is O[C@@H](c1ccccc1)[C@@H](C#CCOCc1ccccc1)C(F)(F)F. The van der Waals surface area contributed by atoms with Crippen molar-refractivity contribution in [2.45, 2.75) is 18.9 Å². The Morgan fingerprint density at radius 1 is 0.958 bits per heavy atom. The fraction of sp³-hybridized carbons (Fsp3) is 0.263. The summed E-state index contributed by atoms with van der Waals surface area (Å²) in [6, 6.07) is 17.0. The van der Waals surface area contributed by atoms with Crippen LogP contribution in [0.15, 0.2) is 60.7 Å². The molecule has 1 N–H and O–H groups in total. The number of aliphatic hydroxyl groups excluding tert-OH is 1. The van der Waals surface area contributed by atoms with Crippen LogP contribution >= 0.6 is 0 Å². The lowest BCUT2D eigenvalue weighted by Gasteiger charge is -2.21. The number of alkyl halides is 3. The molecule has 0 radical (unpaired) electrons. The summed E-state index contributed by atoms with van der Waals surface area (Å²) in [7, 11) is 0. The van der Waals surface area contributed by atoms with Gasteiger partial charge in [-0.15, -0.1) is 0 Å². The smallest absolute Gasteiger partial charge is 0.387 e. The molecular formula is C19H17F3O2. The molecule has 0 amide bonds. The molecule has 0 aliphatic carbocycles. The maximum atomic E-state index is 13.1. The van der Waals surface area contributed by atoms with Gasteiger partial charge >= 0.3 is 6.18 Å². The number of hydrogen-bond donors (Lipinski definition) is 1. The number of aliphatic hydroxyl groups is 1. The van der Waals surface area contributed by atoms with Crippen LogP contribution in [0.2, 0.25) is 0 Å². The third kappa shape index (κ3) is 5.41. The van der Waals surface area contributed by atoms with Crippen molar-refractivity contribution < 1.29 is 23.0 Å². The summed E-state index contributed by atoms with van der Waals surface area (Å²) in [5.41, 5.74) is 1.09. The number of ether oxygens (including phenoxy) is 1. The molecule has 0 unspecified atom stereocenters. The van der Waals surface area contributed by atoms with Gasteiger partial charge < -0.3 is 9.84 Å². The van der Waals surface area contributed by atoms with Crippen LogP contribution in [0.25, 0.3) is 0 Å². The van der Waals surface area contributed by atoms with Gasteiger partial charge in [-0.25, -0.2) is 0 Å². The van der Waals surface area contributed by atoms with E-state index in [1.54, 1.807) is 18.2 Å². The van der Waals surface area contributed by atoms with E-state index in [9.17, 15) is 18.3 Å². The Morgan fingerprint density at radius 3 is 2.12 bits per heavy atom. The fourth-order valence-corrected chi connectivity index (χ4v) is 2.13. The van der Waals surface area contributed by atoms with Crippen molar-refractivity contribution in [2.24, 2.45) is 5.92 Å². The van der Waals surface area contributed by atoms with Gasteiger partial charge in [0.25, 0.3) is 0 Å². The molecule has 2 aromatic carbocycles. The minimum absolute atomic E-state index is 0.136. The second-order valence-corrected chi connectivity index (χ2v) is 5.17. The first kappa shape index (κ1) is 18.1. The molecule has 0 spiro atoms. The van der Waals surface area contributed by atoms with Gasteiger partial charge in [-0.1, -0.05) is 72.5 Å². The highest BCUT2D eigenvalue weighted by molar-refractivity contribution is 5.22. The van der Waals surface area contributed by atoms with Crippen molar-refractivity contribution >= 4 is 0 Å². The van der Waals surface area contributed by atoms with Crippen molar-refractivity contribution in [3.63, 3.8) is 0 Å². The van der Waals surface area contributed by atoms with Crippen molar-refractivity contribution in [3.05, 3.63) is 71.8 Å².